The van der Waals surface area contributed by atoms with E-state index in [1.54, 1.807) is 18.2 Å². The van der Waals surface area contributed by atoms with Crippen LogP contribution in [0.25, 0.3) is 0 Å². The molecule has 0 saturated heterocycles. The Kier molecular flexibility index (Phi) is 5.02. The van der Waals surface area contributed by atoms with Crippen LogP contribution in [0.2, 0.25) is 0 Å². The number of hydrogen-bond acceptors (Lipinski definition) is 6. The highest BCUT2D eigenvalue weighted by atomic mass is 19.1. The molecule has 8 nitrogen and oxygen atoms in total. The first-order chi connectivity index (χ1) is 14.1. The van der Waals surface area contributed by atoms with E-state index in [2.05, 4.69) is 10.9 Å². The van der Waals surface area contributed by atoms with Gasteiger partial charge >= 0.3 is 5.91 Å². The first-order valence-corrected chi connectivity index (χ1v) is 8.56. The average molecular weight is 398 g/mol. The van der Waals surface area contributed by atoms with Crippen molar-refractivity contribution in [3.8, 4) is 17.2 Å². The van der Waals surface area contributed by atoms with Crippen LogP contribution >= 0.6 is 0 Å². The molecule has 2 aromatic carbocycles. The minimum Gasteiger partial charge on any atom is -0.486 e. The Bertz CT molecular complexity index is 1050. The Labute approximate surface area is 164 Å². The van der Waals surface area contributed by atoms with Gasteiger partial charge in [0.15, 0.2) is 17.3 Å². The van der Waals surface area contributed by atoms with Gasteiger partial charge in [0.1, 0.15) is 23.9 Å². The quantitative estimate of drug-likeness (QED) is 0.642. The van der Waals surface area contributed by atoms with Crippen molar-refractivity contribution in [2.45, 2.75) is 6.61 Å². The lowest BCUT2D eigenvalue weighted by atomic mass is 10.2. The number of benzene rings is 2. The second kappa shape index (κ2) is 7.93. The fourth-order valence-corrected chi connectivity index (χ4v) is 2.55. The zero-order valence-corrected chi connectivity index (χ0v) is 14.9. The van der Waals surface area contributed by atoms with E-state index in [1.165, 1.54) is 36.4 Å². The number of carbonyl (C=O) groups excluding carboxylic acids is 2. The molecule has 0 radical (unpaired) electrons. The van der Waals surface area contributed by atoms with E-state index in [9.17, 15) is 14.0 Å². The van der Waals surface area contributed by atoms with Crippen LogP contribution in [0.5, 0.6) is 17.2 Å². The number of rotatable bonds is 5. The zero-order valence-electron chi connectivity index (χ0n) is 14.9. The Hall–Kier alpha value is -4.01. The Morgan fingerprint density at radius 3 is 2.52 bits per heavy atom. The number of fused-ring (bicyclic) bond motifs is 1. The number of furan rings is 1. The normalized spacial score (nSPS) is 11.8. The molecule has 2 heterocycles. The maximum Gasteiger partial charge on any atom is 0.305 e. The lowest BCUT2D eigenvalue weighted by Gasteiger charge is -2.07. The number of hydrazine groups is 1. The molecule has 0 spiro atoms. The summed E-state index contributed by atoms with van der Waals surface area (Å²) in [5.41, 5.74) is 4.86. The van der Waals surface area contributed by atoms with Gasteiger partial charge in [-0.1, -0.05) is 0 Å². The van der Waals surface area contributed by atoms with Crippen molar-refractivity contribution in [2.24, 2.45) is 0 Å². The zero-order chi connectivity index (χ0) is 20.2. The number of halogens is 1. The van der Waals surface area contributed by atoms with Crippen LogP contribution in [-0.4, -0.2) is 18.6 Å². The third-order valence-corrected chi connectivity index (χ3v) is 4.00. The Balaban J connectivity index is 1.29. The summed E-state index contributed by atoms with van der Waals surface area (Å²) in [5, 5.41) is 0. The molecule has 29 heavy (non-hydrogen) atoms. The highest BCUT2D eigenvalue weighted by molar-refractivity contribution is 5.98. The monoisotopic (exact) mass is 398 g/mol. The summed E-state index contributed by atoms with van der Waals surface area (Å²) in [6.45, 7) is 0.158. The number of amides is 2. The van der Waals surface area contributed by atoms with Crippen molar-refractivity contribution in [1.29, 1.82) is 0 Å². The molecule has 1 aliphatic rings. The van der Waals surface area contributed by atoms with Crippen LogP contribution in [0.1, 0.15) is 26.7 Å². The van der Waals surface area contributed by atoms with E-state index in [1.807, 2.05) is 0 Å². The van der Waals surface area contributed by atoms with Crippen LogP contribution in [0.15, 0.2) is 59.0 Å². The number of carbonyl (C=O) groups is 2. The van der Waals surface area contributed by atoms with Gasteiger partial charge in [-0.25, -0.2) is 4.39 Å². The first kappa shape index (κ1) is 18.4. The molecule has 1 aromatic heterocycles. The maximum absolute atomic E-state index is 12.9. The van der Waals surface area contributed by atoms with Gasteiger partial charge < -0.3 is 18.6 Å². The Morgan fingerprint density at radius 1 is 0.931 bits per heavy atom. The van der Waals surface area contributed by atoms with Crippen molar-refractivity contribution >= 4 is 11.8 Å². The number of ether oxygens (including phenoxy) is 3. The minimum absolute atomic E-state index is 0.00584. The van der Waals surface area contributed by atoms with Gasteiger partial charge in [0.2, 0.25) is 6.79 Å². The summed E-state index contributed by atoms with van der Waals surface area (Å²) >= 11 is 0. The predicted octanol–water partition coefficient (Wildman–Crippen LogP) is 2.80. The van der Waals surface area contributed by atoms with Gasteiger partial charge in [0.25, 0.3) is 5.91 Å². The molecule has 148 valence electrons. The maximum atomic E-state index is 12.9. The summed E-state index contributed by atoms with van der Waals surface area (Å²) in [7, 11) is 0. The number of nitrogens with one attached hydrogen (secondary N) is 2. The average Bonchev–Trinajstić information content (AvgIpc) is 3.40. The topological polar surface area (TPSA) is 99.0 Å². The van der Waals surface area contributed by atoms with Gasteiger partial charge in [-0.05, 0) is 54.6 Å². The first-order valence-electron chi connectivity index (χ1n) is 8.56. The SMILES string of the molecule is O=C(NNC(=O)c1ccc(COc2ccc(F)cc2)o1)c1ccc2c(c1)OCO2. The molecule has 0 fully saturated rings. The molecule has 2 N–H and O–H groups in total. The van der Waals surface area contributed by atoms with E-state index >= 15 is 0 Å². The van der Waals surface area contributed by atoms with Gasteiger partial charge in [-0.3, -0.25) is 20.4 Å². The molecule has 4 rings (SSSR count). The standard InChI is InChI=1S/C20H15FN2O6/c21-13-2-4-14(5-3-13)26-10-15-6-8-17(29-15)20(25)23-22-19(24)12-1-7-16-18(9-12)28-11-27-16/h1-9H,10-11H2,(H,22,24)(H,23,25). The van der Waals surface area contributed by atoms with Gasteiger partial charge in [-0.2, -0.15) is 0 Å². The molecular weight excluding hydrogens is 383 g/mol. The van der Waals surface area contributed by atoms with E-state index < -0.39 is 11.8 Å². The summed E-state index contributed by atoms with van der Waals surface area (Å²) in [4.78, 5) is 24.3. The van der Waals surface area contributed by atoms with Crippen LogP contribution in [0, 0.1) is 5.82 Å². The molecule has 2 amide bonds. The van der Waals surface area contributed by atoms with Crippen molar-refractivity contribution in [3.05, 3.63) is 77.5 Å². The fraction of sp³-hybridized carbons (Fsp3) is 0.100. The lowest BCUT2D eigenvalue weighted by molar-refractivity contribution is 0.0828. The van der Waals surface area contributed by atoms with Crippen molar-refractivity contribution in [1.82, 2.24) is 10.9 Å². The molecule has 9 heteroatoms. The van der Waals surface area contributed by atoms with Gasteiger partial charge in [-0.15, -0.1) is 0 Å². The van der Waals surface area contributed by atoms with Gasteiger partial charge in [0.05, 0.1) is 0 Å². The molecule has 3 aromatic rings. The largest absolute Gasteiger partial charge is 0.486 e. The van der Waals surface area contributed by atoms with E-state index in [-0.39, 0.29) is 25.0 Å². The summed E-state index contributed by atoms with van der Waals surface area (Å²) in [6.07, 6.45) is 0. The summed E-state index contributed by atoms with van der Waals surface area (Å²) < 4.78 is 34.1. The van der Waals surface area contributed by atoms with Crippen LogP contribution in [0.3, 0.4) is 0 Å². The van der Waals surface area contributed by atoms with Crippen molar-refractivity contribution < 1.29 is 32.6 Å². The lowest BCUT2D eigenvalue weighted by Crippen LogP contribution is -2.41. The van der Waals surface area contributed by atoms with E-state index in [0.717, 1.165) is 0 Å². The number of hydrogen-bond donors (Lipinski definition) is 2. The second-order valence-corrected chi connectivity index (χ2v) is 5.98. The molecular formula is C20H15FN2O6. The van der Waals surface area contributed by atoms with Gasteiger partial charge in [0, 0.05) is 5.56 Å². The molecule has 0 atom stereocenters. The van der Waals surface area contributed by atoms with E-state index in [4.69, 9.17) is 18.6 Å². The van der Waals surface area contributed by atoms with Crippen LogP contribution in [0.4, 0.5) is 4.39 Å². The third-order valence-electron chi connectivity index (χ3n) is 4.00. The van der Waals surface area contributed by atoms with Crippen molar-refractivity contribution in [3.63, 3.8) is 0 Å². The molecule has 1 aliphatic heterocycles. The predicted molar refractivity (Wildman–Crippen MR) is 96.9 cm³/mol. The molecule has 0 saturated carbocycles. The van der Waals surface area contributed by atoms with E-state index in [0.29, 0.717) is 28.6 Å². The second-order valence-electron chi connectivity index (χ2n) is 5.98. The summed E-state index contributed by atoms with van der Waals surface area (Å²) in [5.74, 6) is 0.338. The van der Waals surface area contributed by atoms with Crippen LogP contribution in [-0.2, 0) is 6.61 Å². The molecule has 0 unspecified atom stereocenters. The minimum atomic E-state index is -0.632. The third kappa shape index (κ3) is 4.29. The Morgan fingerprint density at radius 2 is 1.69 bits per heavy atom. The molecule has 0 bridgehead atoms. The highest BCUT2D eigenvalue weighted by Crippen LogP contribution is 2.32. The summed E-state index contributed by atoms with van der Waals surface area (Å²) in [6, 6.07) is 13.2. The highest BCUT2D eigenvalue weighted by Gasteiger charge is 2.17. The smallest absolute Gasteiger partial charge is 0.305 e. The molecule has 0 aliphatic carbocycles. The van der Waals surface area contributed by atoms with Crippen LogP contribution < -0.4 is 25.1 Å². The van der Waals surface area contributed by atoms with Crippen molar-refractivity contribution in [2.75, 3.05) is 6.79 Å². The fourth-order valence-electron chi connectivity index (χ4n) is 2.55.